The van der Waals surface area contributed by atoms with E-state index in [-0.39, 0.29) is 40.2 Å². The number of benzene rings is 4. The quantitative estimate of drug-likeness (QED) is 0.302. The highest BCUT2D eigenvalue weighted by Crippen LogP contribution is 2.37. The summed E-state index contributed by atoms with van der Waals surface area (Å²) in [6, 6.07) is 20.6. The Balaban J connectivity index is 0.00000272. The van der Waals surface area contributed by atoms with Gasteiger partial charge in [0.25, 0.3) is 0 Å². The molecule has 0 heterocycles. The SMILES string of the molecule is C.O=S(=O)(c1ccc(Cl)cc1)c1c(OCc2ccc(Cl)cc2F)ccc2ccccc12. The maximum atomic E-state index is 14.1. The van der Waals surface area contributed by atoms with Crippen LogP contribution in [-0.4, -0.2) is 8.42 Å². The van der Waals surface area contributed by atoms with E-state index < -0.39 is 15.7 Å². The predicted molar refractivity (Wildman–Crippen MR) is 123 cm³/mol. The third kappa shape index (κ3) is 4.69. The molecule has 0 saturated heterocycles. The van der Waals surface area contributed by atoms with Crippen molar-refractivity contribution in [3.63, 3.8) is 0 Å². The molecule has 3 nitrogen and oxygen atoms in total. The summed E-state index contributed by atoms with van der Waals surface area (Å²) in [7, 11) is -3.93. The molecular formula is C24H19Cl2FO3S. The number of ether oxygens (including phenoxy) is 1. The highest BCUT2D eigenvalue weighted by atomic mass is 35.5. The number of halogens is 3. The Morgan fingerprint density at radius 2 is 1.52 bits per heavy atom. The molecule has 4 aromatic rings. The van der Waals surface area contributed by atoms with Gasteiger partial charge in [0.15, 0.2) is 0 Å². The molecule has 0 saturated carbocycles. The van der Waals surface area contributed by atoms with Gasteiger partial charge in [-0.3, -0.25) is 0 Å². The number of hydrogen-bond acceptors (Lipinski definition) is 3. The minimum Gasteiger partial charge on any atom is -0.487 e. The van der Waals surface area contributed by atoms with Gasteiger partial charge in [-0.25, -0.2) is 12.8 Å². The van der Waals surface area contributed by atoms with E-state index in [2.05, 4.69) is 0 Å². The summed E-state index contributed by atoms with van der Waals surface area (Å²) < 4.78 is 46.9. The lowest BCUT2D eigenvalue weighted by Crippen LogP contribution is -2.07. The van der Waals surface area contributed by atoms with E-state index in [0.29, 0.717) is 10.4 Å². The van der Waals surface area contributed by atoms with Crippen molar-refractivity contribution in [3.05, 3.63) is 100 Å². The van der Waals surface area contributed by atoms with E-state index in [1.54, 1.807) is 30.3 Å². The van der Waals surface area contributed by atoms with Crippen molar-refractivity contribution in [2.24, 2.45) is 0 Å². The van der Waals surface area contributed by atoms with Crippen LogP contribution in [0.5, 0.6) is 5.75 Å². The first kappa shape index (κ1) is 23.1. The summed E-state index contributed by atoms with van der Waals surface area (Å²) in [6.45, 7) is -0.148. The third-order valence-corrected chi connectivity index (χ3v) is 6.97. The lowest BCUT2D eigenvalue weighted by molar-refractivity contribution is 0.293. The topological polar surface area (TPSA) is 43.4 Å². The van der Waals surface area contributed by atoms with E-state index in [4.69, 9.17) is 27.9 Å². The molecule has 0 amide bonds. The fraction of sp³-hybridized carbons (Fsp3) is 0.0833. The van der Waals surface area contributed by atoms with Crippen LogP contribution in [0.4, 0.5) is 4.39 Å². The van der Waals surface area contributed by atoms with Crippen LogP contribution in [0.15, 0.2) is 88.7 Å². The van der Waals surface area contributed by atoms with Gasteiger partial charge in [-0.05, 0) is 47.9 Å². The van der Waals surface area contributed by atoms with Crippen LogP contribution >= 0.6 is 23.2 Å². The van der Waals surface area contributed by atoms with E-state index in [9.17, 15) is 12.8 Å². The highest BCUT2D eigenvalue weighted by molar-refractivity contribution is 7.91. The Hall–Kier alpha value is -2.60. The van der Waals surface area contributed by atoms with Crippen molar-refractivity contribution in [1.29, 1.82) is 0 Å². The Morgan fingerprint density at radius 1 is 0.839 bits per heavy atom. The molecule has 0 fully saturated rings. The lowest BCUT2D eigenvalue weighted by Gasteiger charge is -2.15. The molecule has 0 spiro atoms. The summed E-state index contributed by atoms with van der Waals surface area (Å²) in [5.41, 5.74) is 0.266. The first-order chi connectivity index (χ1) is 14.4. The van der Waals surface area contributed by atoms with E-state index in [1.165, 1.54) is 36.4 Å². The molecule has 0 atom stereocenters. The second-order valence-corrected chi connectivity index (χ2v) is 9.36. The zero-order valence-electron chi connectivity index (χ0n) is 15.5. The Labute approximate surface area is 190 Å². The highest BCUT2D eigenvalue weighted by Gasteiger charge is 2.25. The molecule has 4 aromatic carbocycles. The zero-order chi connectivity index (χ0) is 21.3. The van der Waals surface area contributed by atoms with Crippen molar-refractivity contribution in [3.8, 4) is 5.75 Å². The van der Waals surface area contributed by atoms with E-state index in [1.807, 2.05) is 12.1 Å². The van der Waals surface area contributed by atoms with Crippen molar-refractivity contribution < 1.29 is 17.5 Å². The molecule has 160 valence electrons. The summed E-state index contributed by atoms with van der Waals surface area (Å²) in [6.07, 6.45) is 0. The minimum absolute atomic E-state index is 0. The number of hydrogen-bond donors (Lipinski definition) is 0. The number of fused-ring (bicyclic) bond motifs is 1. The monoisotopic (exact) mass is 476 g/mol. The van der Waals surface area contributed by atoms with Gasteiger partial charge in [-0.1, -0.05) is 67.0 Å². The van der Waals surface area contributed by atoms with Gasteiger partial charge < -0.3 is 4.74 Å². The smallest absolute Gasteiger partial charge is 0.210 e. The summed E-state index contributed by atoms with van der Waals surface area (Å²) >= 11 is 11.7. The molecule has 0 radical (unpaired) electrons. The number of rotatable bonds is 5. The molecule has 4 rings (SSSR count). The summed E-state index contributed by atoms with van der Waals surface area (Å²) in [5.74, 6) is -0.386. The largest absolute Gasteiger partial charge is 0.487 e. The molecule has 0 aliphatic rings. The van der Waals surface area contributed by atoms with Gasteiger partial charge in [0, 0.05) is 21.0 Å². The summed E-state index contributed by atoms with van der Waals surface area (Å²) in [4.78, 5) is 0.114. The van der Waals surface area contributed by atoms with Crippen molar-refractivity contribution in [2.45, 2.75) is 23.8 Å². The zero-order valence-corrected chi connectivity index (χ0v) is 17.8. The van der Waals surface area contributed by atoms with Crippen LogP contribution in [0.25, 0.3) is 10.8 Å². The Kier molecular flexibility index (Phi) is 6.90. The van der Waals surface area contributed by atoms with Crippen LogP contribution < -0.4 is 4.74 Å². The molecule has 0 N–H and O–H groups in total. The maximum absolute atomic E-state index is 14.1. The third-order valence-electron chi connectivity index (χ3n) is 4.63. The Morgan fingerprint density at radius 3 is 2.23 bits per heavy atom. The minimum atomic E-state index is -3.93. The predicted octanol–water partition coefficient (Wildman–Crippen LogP) is 7.33. The molecule has 0 aliphatic carbocycles. The maximum Gasteiger partial charge on any atom is 0.210 e. The standard InChI is InChI=1S/C23H15Cl2FO3S.CH4/c24-17-8-10-19(11-9-17)30(27,28)23-20-4-2-1-3-15(20)6-12-22(23)29-14-16-5-7-18(25)13-21(16)26;/h1-13H,14H2;1H4. The average Bonchev–Trinajstić information content (AvgIpc) is 2.73. The first-order valence-electron chi connectivity index (χ1n) is 8.95. The van der Waals surface area contributed by atoms with Gasteiger partial charge in [0.1, 0.15) is 23.1 Å². The van der Waals surface area contributed by atoms with Crippen molar-refractivity contribution in [1.82, 2.24) is 0 Å². The van der Waals surface area contributed by atoms with Crippen LogP contribution in [0.1, 0.15) is 13.0 Å². The van der Waals surface area contributed by atoms with Gasteiger partial charge in [0.2, 0.25) is 9.84 Å². The fourth-order valence-electron chi connectivity index (χ4n) is 3.14. The molecule has 0 aliphatic heterocycles. The normalized spacial score (nSPS) is 11.2. The lowest BCUT2D eigenvalue weighted by atomic mass is 10.1. The van der Waals surface area contributed by atoms with E-state index in [0.717, 1.165) is 5.39 Å². The summed E-state index contributed by atoms with van der Waals surface area (Å²) in [5, 5.41) is 1.96. The van der Waals surface area contributed by atoms with Crippen LogP contribution in [0.2, 0.25) is 10.0 Å². The first-order valence-corrected chi connectivity index (χ1v) is 11.2. The van der Waals surface area contributed by atoms with Gasteiger partial charge in [0.05, 0.1) is 4.90 Å². The van der Waals surface area contributed by atoms with Crippen molar-refractivity contribution in [2.75, 3.05) is 0 Å². The van der Waals surface area contributed by atoms with Gasteiger partial charge in [-0.2, -0.15) is 0 Å². The molecule has 7 heteroatoms. The Bertz CT molecular complexity index is 1340. The second kappa shape index (κ2) is 9.27. The number of sulfone groups is 1. The van der Waals surface area contributed by atoms with E-state index >= 15 is 0 Å². The molecule has 0 bridgehead atoms. The molecule has 0 unspecified atom stereocenters. The average molecular weight is 477 g/mol. The van der Waals surface area contributed by atoms with Gasteiger partial charge >= 0.3 is 0 Å². The second-order valence-electron chi connectivity index (χ2n) is 6.60. The fourth-order valence-corrected chi connectivity index (χ4v) is 5.02. The van der Waals surface area contributed by atoms with Crippen LogP contribution in [0, 0.1) is 5.82 Å². The van der Waals surface area contributed by atoms with Gasteiger partial charge in [-0.15, -0.1) is 0 Å². The molecule has 0 aromatic heterocycles. The van der Waals surface area contributed by atoms with Crippen LogP contribution in [0.3, 0.4) is 0 Å². The molecule has 31 heavy (non-hydrogen) atoms. The van der Waals surface area contributed by atoms with Crippen LogP contribution in [-0.2, 0) is 16.4 Å². The molecular weight excluding hydrogens is 458 g/mol. The van der Waals surface area contributed by atoms with Crippen molar-refractivity contribution >= 4 is 43.8 Å².